The van der Waals surface area contributed by atoms with Crippen molar-refractivity contribution in [3.63, 3.8) is 0 Å². The van der Waals surface area contributed by atoms with Gasteiger partial charge in [0.2, 0.25) is 5.91 Å². The van der Waals surface area contributed by atoms with Crippen LogP contribution in [0.25, 0.3) is 0 Å². The number of amides is 2. The summed E-state index contributed by atoms with van der Waals surface area (Å²) in [6.07, 6.45) is 2.25. The lowest BCUT2D eigenvalue weighted by Crippen LogP contribution is -2.51. The van der Waals surface area contributed by atoms with Gasteiger partial charge in [0.1, 0.15) is 5.60 Å². The van der Waals surface area contributed by atoms with E-state index in [4.69, 9.17) is 9.47 Å². The zero-order valence-electron chi connectivity index (χ0n) is 20.4. The molecule has 2 amide bonds. The second-order valence-corrected chi connectivity index (χ2v) is 9.14. The molecule has 9 nitrogen and oxygen atoms in total. The summed E-state index contributed by atoms with van der Waals surface area (Å²) in [6.45, 7) is 13.8. The maximum atomic E-state index is 12.7. The van der Waals surface area contributed by atoms with Crippen LogP contribution < -0.4 is 5.32 Å². The number of carbonyl (C=O) groups excluding carboxylic acids is 2. The molecule has 186 valence electrons. The van der Waals surface area contributed by atoms with E-state index in [2.05, 4.69) is 15.2 Å². The van der Waals surface area contributed by atoms with Crippen LogP contribution in [0.5, 0.6) is 0 Å². The highest BCUT2D eigenvalue weighted by Crippen LogP contribution is 2.20. The first-order chi connectivity index (χ1) is 14.7. The Bertz CT molecular complexity index is 612. The summed E-state index contributed by atoms with van der Waals surface area (Å²) in [4.78, 5) is 35.4. The number of rotatable bonds is 6. The summed E-state index contributed by atoms with van der Waals surface area (Å²) in [7, 11) is 1.77. The molecule has 0 unspecified atom stereocenters. The van der Waals surface area contributed by atoms with Crippen molar-refractivity contribution in [2.75, 3.05) is 66.1 Å². The highest BCUT2D eigenvalue weighted by molar-refractivity contribution is 14.0. The van der Waals surface area contributed by atoms with Crippen molar-refractivity contribution in [1.29, 1.82) is 0 Å². The van der Waals surface area contributed by atoms with Crippen LogP contribution in [-0.2, 0) is 14.3 Å². The van der Waals surface area contributed by atoms with Gasteiger partial charge < -0.3 is 29.5 Å². The van der Waals surface area contributed by atoms with Crippen molar-refractivity contribution in [1.82, 2.24) is 20.0 Å². The Balaban J connectivity index is 0.00000512. The van der Waals surface area contributed by atoms with Crippen LogP contribution in [0.2, 0.25) is 0 Å². The van der Waals surface area contributed by atoms with E-state index in [1.54, 1.807) is 11.9 Å². The molecule has 2 aliphatic heterocycles. The summed E-state index contributed by atoms with van der Waals surface area (Å²) < 4.78 is 10.9. The van der Waals surface area contributed by atoms with Crippen molar-refractivity contribution in [2.45, 2.75) is 52.6 Å². The quantitative estimate of drug-likeness (QED) is 0.302. The third-order valence-corrected chi connectivity index (χ3v) is 5.49. The van der Waals surface area contributed by atoms with Crippen molar-refractivity contribution < 1.29 is 19.1 Å². The molecule has 2 heterocycles. The Hall–Kier alpha value is -1.30. The molecule has 0 aromatic rings. The van der Waals surface area contributed by atoms with Crippen molar-refractivity contribution in [3.05, 3.63) is 0 Å². The van der Waals surface area contributed by atoms with Gasteiger partial charge >= 0.3 is 6.09 Å². The minimum absolute atomic E-state index is 0. The van der Waals surface area contributed by atoms with E-state index >= 15 is 0 Å². The summed E-state index contributed by atoms with van der Waals surface area (Å²) in [5.74, 6) is 1.16. The molecule has 0 saturated carbocycles. The zero-order valence-corrected chi connectivity index (χ0v) is 22.7. The van der Waals surface area contributed by atoms with Crippen LogP contribution in [0.4, 0.5) is 4.79 Å². The number of halogens is 1. The van der Waals surface area contributed by atoms with E-state index in [0.717, 1.165) is 38.3 Å². The Kier molecular flexibility index (Phi) is 12.6. The minimum atomic E-state index is -0.504. The highest BCUT2D eigenvalue weighted by Gasteiger charge is 2.30. The number of guanidine groups is 1. The largest absolute Gasteiger partial charge is 0.444 e. The monoisotopic (exact) mass is 567 g/mol. The maximum Gasteiger partial charge on any atom is 0.410 e. The van der Waals surface area contributed by atoms with Gasteiger partial charge in [0, 0.05) is 58.8 Å². The Morgan fingerprint density at radius 1 is 1.09 bits per heavy atom. The van der Waals surface area contributed by atoms with Gasteiger partial charge in [-0.3, -0.25) is 9.79 Å². The average molecular weight is 568 g/mol. The van der Waals surface area contributed by atoms with E-state index < -0.39 is 5.60 Å². The molecule has 2 rings (SSSR count). The van der Waals surface area contributed by atoms with Gasteiger partial charge in [-0.15, -0.1) is 24.0 Å². The number of carbonyl (C=O) groups is 2. The van der Waals surface area contributed by atoms with Crippen molar-refractivity contribution in [2.24, 2.45) is 10.9 Å². The smallest absolute Gasteiger partial charge is 0.410 e. The Morgan fingerprint density at radius 3 is 2.25 bits per heavy atom. The second kappa shape index (κ2) is 14.1. The van der Waals surface area contributed by atoms with Crippen LogP contribution in [0.1, 0.15) is 47.0 Å². The van der Waals surface area contributed by atoms with Crippen molar-refractivity contribution in [3.8, 4) is 0 Å². The van der Waals surface area contributed by atoms with E-state index in [0.29, 0.717) is 45.9 Å². The van der Waals surface area contributed by atoms with Gasteiger partial charge in [0.15, 0.2) is 5.96 Å². The van der Waals surface area contributed by atoms with Gasteiger partial charge in [0.05, 0.1) is 13.2 Å². The Morgan fingerprint density at radius 2 is 1.72 bits per heavy atom. The van der Waals surface area contributed by atoms with Crippen LogP contribution in [0.3, 0.4) is 0 Å². The number of likely N-dealkylation sites (tertiary alicyclic amines) is 1. The number of nitrogens with one attached hydrogen (secondary N) is 1. The fourth-order valence-corrected chi connectivity index (χ4v) is 3.91. The summed E-state index contributed by atoms with van der Waals surface area (Å²) >= 11 is 0. The van der Waals surface area contributed by atoms with Gasteiger partial charge in [-0.2, -0.15) is 0 Å². The topological polar surface area (TPSA) is 86.7 Å². The van der Waals surface area contributed by atoms with Gasteiger partial charge in [-0.1, -0.05) is 6.92 Å². The molecule has 2 fully saturated rings. The van der Waals surface area contributed by atoms with Gasteiger partial charge in [0.25, 0.3) is 0 Å². The van der Waals surface area contributed by atoms with E-state index in [-0.39, 0.29) is 41.9 Å². The minimum Gasteiger partial charge on any atom is -0.444 e. The normalized spacial score (nSPS) is 18.1. The van der Waals surface area contributed by atoms with E-state index in [9.17, 15) is 9.59 Å². The van der Waals surface area contributed by atoms with Crippen LogP contribution >= 0.6 is 24.0 Å². The molecule has 2 aliphatic rings. The first-order valence-electron chi connectivity index (χ1n) is 11.5. The molecule has 2 saturated heterocycles. The SMILES string of the molecule is CCCN(CCNC(=NC)N1CCC(C(=O)N2CCOCC2)CC1)C(=O)OC(C)(C)C.I. The highest BCUT2D eigenvalue weighted by atomic mass is 127. The predicted molar refractivity (Wildman–Crippen MR) is 137 cm³/mol. The molecule has 0 bridgehead atoms. The van der Waals surface area contributed by atoms with Gasteiger partial charge in [-0.05, 0) is 40.0 Å². The lowest BCUT2D eigenvalue weighted by molar-refractivity contribution is -0.140. The molecule has 32 heavy (non-hydrogen) atoms. The number of morpholine rings is 1. The van der Waals surface area contributed by atoms with E-state index in [1.165, 1.54) is 0 Å². The van der Waals surface area contributed by atoms with Crippen molar-refractivity contribution >= 4 is 41.9 Å². The first kappa shape index (κ1) is 28.7. The number of ether oxygens (including phenoxy) is 2. The fraction of sp³-hybridized carbons (Fsp3) is 0.864. The molecule has 0 atom stereocenters. The molecule has 0 radical (unpaired) electrons. The van der Waals surface area contributed by atoms with Crippen LogP contribution in [0, 0.1) is 5.92 Å². The molecule has 1 N–H and O–H groups in total. The number of piperidine rings is 1. The third kappa shape index (κ3) is 9.29. The number of hydrogen-bond acceptors (Lipinski definition) is 5. The lowest BCUT2D eigenvalue weighted by atomic mass is 9.95. The Labute approximate surface area is 210 Å². The maximum absolute atomic E-state index is 12.7. The molecular formula is C22H42IN5O4. The molecule has 0 aromatic heterocycles. The number of nitrogens with zero attached hydrogens (tertiary/aromatic N) is 4. The lowest BCUT2D eigenvalue weighted by Gasteiger charge is -2.37. The third-order valence-electron chi connectivity index (χ3n) is 5.49. The standard InChI is InChI=1S/C22H41N5O4.HI/c1-6-10-27(21(29)31-22(2,3)4)13-9-24-20(23-5)26-11-7-18(8-12-26)19(28)25-14-16-30-17-15-25;/h18H,6-17H2,1-5H3,(H,23,24);1H. The number of hydrogen-bond donors (Lipinski definition) is 1. The van der Waals surface area contributed by atoms with E-state index in [1.807, 2.05) is 32.6 Å². The summed E-state index contributed by atoms with van der Waals surface area (Å²) in [5.41, 5.74) is -0.504. The zero-order chi connectivity index (χ0) is 22.9. The van der Waals surface area contributed by atoms with Crippen LogP contribution in [-0.4, -0.2) is 104 Å². The molecule has 0 aliphatic carbocycles. The number of aliphatic imine (C=N–C) groups is 1. The molecule has 10 heteroatoms. The molecule has 0 spiro atoms. The summed E-state index contributed by atoms with van der Waals surface area (Å²) in [6, 6.07) is 0. The van der Waals surface area contributed by atoms with Crippen LogP contribution in [0.15, 0.2) is 4.99 Å². The molecular weight excluding hydrogens is 525 g/mol. The second-order valence-electron chi connectivity index (χ2n) is 9.14. The summed E-state index contributed by atoms with van der Waals surface area (Å²) in [5, 5.41) is 3.37. The predicted octanol–water partition coefficient (Wildman–Crippen LogP) is 2.40. The average Bonchev–Trinajstić information content (AvgIpc) is 2.75. The first-order valence-corrected chi connectivity index (χ1v) is 11.5. The molecule has 0 aromatic carbocycles. The fourth-order valence-electron chi connectivity index (χ4n) is 3.91. The van der Waals surface area contributed by atoms with Gasteiger partial charge in [-0.25, -0.2) is 4.79 Å².